The summed E-state index contributed by atoms with van der Waals surface area (Å²) in [5.41, 5.74) is 1.30. The summed E-state index contributed by atoms with van der Waals surface area (Å²) >= 11 is 0. The molecule has 1 amide bonds. The molecule has 0 saturated carbocycles. The van der Waals surface area contributed by atoms with Gasteiger partial charge in [-0.1, -0.05) is 0 Å². The molecule has 17 heavy (non-hydrogen) atoms. The Labute approximate surface area is 100 Å². The molecule has 1 heterocycles. The number of methoxy groups -OCH3 is 1. The van der Waals surface area contributed by atoms with Gasteiger partial charge < -0.3 is 9.64 Å². The summed E-state index contributed by atoms with van der Waals surface area (Å²) in [4.78, 5) is 24.3. The molecular formula is C13H15NO3. The number of aldehydes is 1. The van der Waals surface area contributed by atoms with E-state index in [1.54, 1.807) is 23.1 Å². The van der Waals surface area contributed by atoms with Crippen molar-refractivity contribution in [1.82, 2.24) is 0 Å². The van der Waals surface area contributed by atoms with Gasteiger partial charge in [-0.2, -0.15) is 0 Å². The van der Waals surface area contributed by atoms with Gasteiger partial charge in [0, 0.05) is 24.7 Å². The molecule has 1 aromatic carbocycles. The number of carbonyl (C=O) groups excluding carboxylic acids is 2. The number of piperidine rings is 1. The van der Waals surface area contributed by atoms with Gasteiger partial charge in [0.15, 0.2) is 6.29 Å². The van der Waals surface area contributed by atoms with Crippen molar-refractivity contribution < 1.29 is 14.3 Å². The van der Waals surface area contributed by atoms with Crippen molar-refractivity contribution >= 4 is 17.9 Å². The zero-order valence-corrected chi connectivity index (χ0v) is 9.81. The third-order valence-electron chi connectivity index (χ3n) is 2.98. The highest BCUT2D eigenvalue weighted by molar-refractivity contribution is 5.94. The van der Waals surface area contributed by atoms with Crippen LogP contribution in [0.1, 0.15) is 29.6 Å². The second kappa shape index (κ2) is 4.99. The Bertz CT molecular complexity index is 442. The van der Waals surface area contributed by atoms with Gasteiger partial charge in [0.2, 0.25) is 5.91 Å². The van der Waals surface area contributed by atoms with Crippen molar-refractivity contribution in [3.8, 4) is 5.75 Å². The summed E-state index contributed by atoms with van der Waals surface area (Å²) in [7, 11) is 1.52. The van der Waals surface area contributed by atoms with Gasteiger partial charge in [0.05, 0.1) is 12.7 Å². The van der Waals surface area contributed by atoms with Crippen LogP contribution < -0.4 is 9.64 Å². The summed E-state index contributed by atoms with van der Waals surface area (Å²) in [5.74, 6) is 0.646. The minimum absolute atomic E-state index is 0.136. The first-order valence-electron chi connectivity index (χ1n) is 5.70. The molecule has 0 aromatic heterocycles. The molecule has 4 heteroatoms. The van der Waals surface area contributed by atoms with E-state index in [0.29, 0.717) is 17.7 Å². The van der Waals surface area contributed by atoms with Crippen LogP contribution in [0.25, 0.3) is 0 Å². The molecule has 2 rings (SSSR count). The van der Waals surface area contributed by atoms with Gasteiger partial charge in [-0.15, -0.1) is 0 Å². The topological polar surface area (TPSA) is 46.6 Å². The summed E-state index contributed by atoms with van der Waals surface area (Å²) in [6.45, 7) is 0.739. The number of nitrogens with zero attached hydrogens (tertiary/aromatic N) is 1. The average Bonchev–Trinajstić information content (AvgIpc) is 2.38. The highest BCUT2D eigenvalue weighted by atomic mass is 16.5. The Morgan fingerprint density at radius 2 is 2.18 bits per heavy atom. The van der Waals surface area contributed by atoms with Gasteiger partial charge in [-0.25, -0.2) is 0 Å². The summed E-state index contributed by atoms with van der Waals surface area (Å²) in [6.07, 6.45) is 3.32. The van der Waals surface area contributed by atoms with E-state index < -0.39 is 0 Å². The molecule has 4 nitrogen and oxygen atoms in total. The van der Waals surface area contributed by atoms with E-state index in [4.69, 9.17) is 4.74 Å². The third-order valence-corrected chi connectivity index (χ3v) is 2.98. The summed E-state index contributed by atoms with van der Waals surface area (Å²) < 4.78 is 5.13. The normalized spacial score (nSPS) is 15.8. The number of anilines is 1. The fourth-order valence-electron chi connectivity index (χ4n) is 2.04. The van der Waals surface area contributed by atoms with Crippen molar-refractivity contribution in [3.63, 3.8) is 0 Å². The number of carbonyl (C=O) groups is 2. The maximum Gasteiger partial charge on any atom is 0.226 e. The number of hydrogen-bond acceptors (Lipinski definition) is 3. The zero-order chi connectivity index (χ0) is 12.3. The van der Waals surface area contributed by atoms with Crippen molar-refractivity contribution in [3.05, 3.63) is 23.8 Å². The molecule has 1 aliphatic heterocycles. The molecule has 1 fully saturated rings. The Hall–Kier alpha value is -1.84. The van der Waals surface area contributed by atoms with E-state index in [-0.39, 0.29) is 5.91 Å². The van der Waals surface area contributed by atoms with Crippen molar-refractivity contribution in [2.24, 2.45) is 0 Å². The van der Waals surface area contributed by atoms with E-state index in [0.717, 1.165) is 31.4 Å². The number of hydrogen-bond donors (Lipinski definition) is 0. The Morgan fingerprint density at radius 1 is 1.35 bits per heavy atom. The van der Waals surface area contributed by atoms with Gasteiger partial charge in [-0.05, 0) is 25.0 Å². The highest BCUT2D eigenvalue weighted by Crippen LogP contribution is 2.27. The van der Waals surface area contributed by atoms with Crippen LogP contribution in [0.5, 0.6) is 5.75 Å². The first kappa shape index (κ1) is 11.6. The standard InChI is InChI=1S/C13H15NO3/c1-17-12-8-11(6-5-10(12)9-15)14-7-3-2-4-13(14)16/h5-6,8-9H,2-4,7H2,1H3. The van der Waals surface area contributed by atoms with E-state index in [2.05, 4.69) is 0 Å². The fraction of sp³-hybridized carbons (Fsp3) is 0.385. The van der Waals surface area contributed by atoms with E-state index >= 15 is 0 Å². The lowest BCUT2D eigenvalue weighted by molar-refractivity contribution is -0.119. The second-order valence-electron chi connectivity index (χ2n) is 4.05. The van der Waals surface area contributed by atoms with E-state index in [1.165, 1.54) is 7.11 Å². The number of amides is 1. The molecule has 0 atom stereocenters. The minimum atomic E-state index is 0.136. The van der Waals surface area contributed by atoms with Gasteiger partial charge in [0.1, 0.15) is 5.75 Å². The zero-order valence-electron chi connectivity index (χ0n) is 9.81. The van der Waals surface area contributed by atoms with Crippen LogP contribution >= 0.6 is 0 Å². The summed E-state index contributed by atoms with van der Waals surface area (Å²) in [5, 5.41) is 0. The van der Waals surface area contributed by atoms with Crippen molar-refractivity contribution in [2.45, 2.75) is 19.3 Å². The van der Waals surface area contributed by atoms with Crippen LogP contribution in [0.2, 0.25) is 0 Å². The lowest BCUT2D eigenvalue weighted by atomic mass is 10.1. The van der Waals surface area contributed by atoms with Crippen LogP contribution in [-0.4, -0.2) is 25.8 Å². The molecule has 1 saturated heterocycles. The molecule has 0 unspecified atom stereocenters. The Morgan fingerprint density at radius 3 is 2.82 bits per heavy atom. The third kappa shape index (κ3) is 2.30. The minimum Gasteiger partial charge on any atom is -0.496 e. The predicted octanol–water partition coefficient (Wildman–Crippen LogP) is 2.02. The largest absolute Gasteiger partial charge is 0.496 e. The molecule has 0 aliphatic carbocycles. The van der Waals surface area contributed by atoms with Crippen LogP contribution in [0.3, 0.4) is 0 Å². The van der Waals surface area contributed by atoms with E-state index in [9.17, 15) is 9.59 Å². The van der Waals surface area contributed by atoms with Gasteiger partial charge in [-0.3, -0.25) is 9.59 Å². The van der Waals surface area contributed by atoms with Gasteiger partial charge in [0.25, 0.3) is 0 Å². The monoisotopic (exact) mass is 233 g/mol. The molecule has 0 bridgehead atoms. The molecule has 0 spiro atoms. The van der Waals surface area contributed by atoms with Crippen LogP contribution in [0.15, 0.2) is 18.2 Å². The van der Waals surface area contributed by atoms with Crippen molar-refractivity contribution in [1.29, 1.82) is 0 Å². The smallest absolute Gasteiger partial charge is 0.226 e. The Kier molecular flexibility index (Phi) is 3.42. The number of rotatable bonds is 3. The van der Waals surface area contributed by atoms with Crippen LogP contribution in [0, 0.1) is 0 Å². The van der Waals surface area contributed by atoms with Crippen LogP contribution in [0.4, 0.5) is 5.69 Å². The number of benzene rings is 1. The SMILES string of the molecule is COc1cc(N2CCCCC2=O)ccc1C=O. The molecular weight excluding hydrogens is 218 g/mol. The fourth-order valence-corrected chi connectivity index (χ4v) is 2.04. The Balaban J connectivity index is 2.32. The lowest BCUT2D eigenvalue weighted by Gasteiger charge is -2.27. The first-order chi connectivity index (χ1) is 8.26. The molecule has 0 N–H and O–H groups in total. The maximum absolute atomic E-state index is 11.8. The van der Waals surface area contributed by atoms with Crippen LogP contribution in [-0.2, 0) is 4.79 Å². The summed E-state index contributed by atoms with van der Waals surface area (Å²) in [6, 6.07) is 5.21. The molecule has 0 radical (unpaired) electrons. The highest BCUT2D eigenvalue weighted by Gasteiger charge is 2.20. The second-order valence-corrected chi connectivity index (χ2v) is 4.05. The van der Waals surface area contributed by atoms with Crippen molar-refractivity contribution in [2.75, 3.05) is 18.6 Å². The predicted molar refractivity (Wildman–Crippen MR) is 64.6 cm³/mol. The number of ether oxygens (including phenoxy) is 1. The average molecular weight is 233 g/mol. The quantitative estimate of drug-likeness (QED) is 0.750. The lowest BCUT2D eigenvalue weighted by Crippen LogP contribution is -2.35. The van der Waals surface area contributed by atoms with E-state index in [1.807, 2.05) is 0 Å². The molecule has 1 aromatic rings. The molecule has 90 valence electrons. The molecule has 1 aliphatic rings. The van der Waals surface area contributed by atoms with Gasteiger partial charge >= 0.3 is 0 Å². The maximum atomic E-state index is 11.8. The first-order valence-corrected chi connectivity index (χ1v) is 5.70.